The van der Waals surface area contributed by atoms with Gasteiger partial charge in [-0.05, 0) is 35.9 Å². The van der Waals surface area contributed by atoms with Gasteiger partial charge in [-0.2, -0.15) is 0 Å². The van der Waals surface area contributed by atoms with Gasteiger partial charge in [0, 0.05) is 11.6 Å². The zero-order valence-electron chi connectivity index (χ0n) is 15.0. The van der Waals surface area contributed by atoms with Crippen LogP contribution in [0.1, 0.15) is 5.56 Å². The molecule has 0 fully saturated rings. The second kappa shape index (κ2) is 6.70. The summed E-state index contributed by atoms with van der Waals surface area (Å²) in [5.41, 5.74) is 3.33. The van der Waals surface area contributed by atoms with Gasteiger partial charge in [-0.25, -0.2) is 4.68 Å². The third-order valence-corrected chi connectivity index (χ3v) is 4.76. The molecular weight excluding hydrogens is 350 g/mol. The fourth-order valence-electron chi connectivity index (χ4n) is 3.33. The van der Waals surface area contributed by atoms with Crippen molar-refractivity contribution in [1.29, 1.82) is 0 Å². The number of hydrogen-bond donors (Lipinski definition) is 1. The summed E-state index contributed by atoms with van der Waals surface area (Å²) in [4.78, 5) is 17.3. The van der Waals surface area contributed by atoms with E-state index in [0.717, 1.165) is 33.4 Å². The van der Waals surface area contributed by atoms with Gasteiger partial charge in [-0.3, -0.25) is 14.9 Å². The molecule has 0 aliphatic carbocycles. The third-order valence-electron chi connectivity index (χ3n) is 4.76. The molecule has 0 saturated heterocycles. The quantitative estimate of drug-likeness (QED) is 0.511. The molecule has 0 aliphatic rings. The largest absolute Gasteiger partial charge is 0.489 e. The summed E-state index contributed by atoms with van der Waals surface area (Å²) in [6.07, 6.45) is 1.63. The average Bonchev–Trinajstić information content (AvgIpc) is 3.10. The maximum absolute atomic E-state index is 12.8. The predicted molar refractivity (Wildman–Crippen MR) is 110 cm³/mol. The first kappa shape index (κ1) is 16.3. The molecule has 5 aromatic rings. The number of benzene rings is 3. The van der Waals surface area contributed by atoms with Crippen molar-refractivity contribution in [3.8, 4) is 11.4 Å². The van der Waals surface area contributed by atoms with E-state index in [-0.39, 0.29) is 5.56 Å². The topological polar surface area (TPSA) is 59.9 Å². The van der Waals surface area contributed by atoms with Crippen molar-refractivity contribution < 1.29 is 4.74 Å². The van der Waals surface area contributed by atoms with Crippen LogP contribution in [0, 0.1) is 0 Å². The van der Waals surface area contributed by atoms with Crippen LogP contribution in [0.3, 0.4) is 0 Å². The van der Waals surface area contributed by atoms with Crippen LogP contribution in [0.4, 0.5) is 0 Å². The van der Waals surface area contributed by atoms with Crippen molar-refractivity contribution >= 4 is 21.8 Å². The molecule has 2 aromatic heterocycles. The number of para-hydroxylation sites is 1. The van der Waals surface area contributed by atoms with Crippen LogP contribution in [0.2, 0.25) is 0 Å². The Labute approximate surface area is 160 Å². The van der Waals surface area contributed by atoms with Gasteiger partial charge in [0.15, 0.2) is 0 Å². The standard InChI is InChI=1S/C23H17N3O2/c27-23-20-14-24-21-12-11-18(28-15-16-7-3-1-4-8-16)13-19(21)22(20)25-26(23)17-9-5-2-6-10-17/h1-14,25H,15H2. The van der Waals surface area contributed by atoms with Gasteiger partial charge in [-0.1, -0.05) is 48.5 Å². The Kier molecular flexibility index (Phi) is 3.91. The Morgan fingerprint density at radius 2 is 1.64 bits per heavy atom. The lowest BCUT2D eigenvalue weighted by molar-refractivity contribution is 0.306. The zero-order chi connectivity index (χ0) is 18.9. The van der Waals surface area contributed by atoms with Crippen LogP contribution < -0.4 is 10.3 Å². The van der Waals surface area contributed by atoms with Crippen molar-refractivity contribution in [2.45, 2.75) is 6.61 Å². The second-order valence-electron chi connectivity index (χ2n) is 6.59. The second-order valence-corrected chi connectivity index (χ2v) is 6.59. The highest BCUT2D eigenvalue weighted by Gasteiger charge is 2.12. The molecule has 0 bridgehead atoms. The average molecular weight is 367 g/mol. The fraction of sp³-hybridized carbons (Fsp3) is 0.0435. The zero-order valence-corrected chi connectivity index (χ0v) is 15.0. The lowest BCUT2D eigenvalue weighted by atomic mass is 10.1. The SMILES string of the molecule is O=c1c2cnc3ccc(OCc4ccccc4)cc3c2[nH]n1-c1ccccc1. The number of fused-ring (bicyclic) bond motifs is 3. The maximum Gasteiger partial charge on any atom is 0.280 e. The van der Waals surface area contributed by atoms with Crippen LogP contribution in [0.15, 0.2) is 89.9 Å². The van der Waals surface area contributed by atoms with E-state index in [4.69, 9.17) is 4.74 Å². The Morgan fingerprint density at radius 1 is 0.893 bits per heavy atom. The first-order chi connectivity index (χ1) is 13.8. The minimum atomic E-state index is -0.119. The molecule has 0 spiro atoms. The molecular formula is C23H17N3O2. The van der Waals surface area contributed by atoms with Crippen LogP contribution in [0.25, 0.3) is 27.5 Å². The number of hydrogen-bond acceptors (Lipinski definition) is 3. The molecule has 0 unspecified atom stereocenters. The molecule has 28 heavy (non-hydrogen) atoms. The number of rotatable bonds is 4. The number of pyridine rings is 1. The number of aromatic amines is 1. The van der Waals surface area contributed by atoms with E-state index in [1.54, 1.807) is 10.9 Å². The predicted octanol–water partition coefficient (Wildman–Crippen LogP) is 4.45. The monoisotopic (exact) mass is 367 g/mol. The molecule has 0 saturated carbocycles. The number of nitrogens with zero attached hydrogens (tertiary/aromatic N) is 2. The highest BCUT2D eigenvalue weighted by molar-refractivity contribution is 6.03. The van der Waals surface area contributed by atoms with Crippen LogP contribution in [-0.2, 0) is 6.61 Å². The van der Waals surface area contributed by atoms with Crippen LogP contribution in [0.5, 0.6) is 5.75 Å². The molecule has 0 aliphatic heterocycles. The smallest absolute Gasteiger partial charge is 0.280 e. The van der Waals surface area contributed by atoms with E-state index >= 15 is 0 Å². The Bertz CT molecular complexity index is 1320. The highest BCUT2D eigenvalue weighted by Crippen LogP contribution is 2.25. The highest BCUT2D eigenvalue weighted by atomic mass is 16.5. The van der Waals surface area contributed by atoms with E-state index in [1.165, 1.54) is 0 Å². The third kappa shape index (κ3) is 2.83. The normalized spacial score (nSPS) is 11.1. The first-order valence-corrected chi connectivity index (χ1v) is 9.05. The molecule has 3 aromatic carbocycles. The van der Waals surface area contributed by atoms with E-state index in [0.29, 0.717) is 12.0 Å². The summed E-state index contributed by atoms with van der Waals surface area (Å²) in [7, 11) is 0. The molecule has 5 heteroatoms. The number of nitrogens with one attached hydrogen (secondary N) is 1. The summed E-state index contributed by atoms with van der Waals surface area (Å²) >= 11 is 0. The molecule has 136 valence electrons. The van der Waals surface area contributed by atoms with Gasteiger partial charge in [0.05, 0.1) is 22.1 Å². The minimum Gasteiger partial charge on any atom is -0.489 e. The molecule has 2 heterocycles. The number of H-pyrrole nitrogens is 1. The first-order valence-electron chi connectivity index (χ1n) is 9.05. The van der Waals surface area contributed by atoms with Gasteiger partial charge >= 0.3 is 0 Å². The van der Waals surface area contributed by atoms with Crippen molar-refractivity contribution in [3.05, 3.63) is 101 Å². The van der Waals surface area contributed by atoms with E-state index in [2.05, 4.69) is 10.1 Å². The van der Waals surface area contributed by atoms with Gasteiger partial charge in [0.1, 0.15) is 12.4 Å². The maximum atomic E-state index is 12.8. The molecule has 5 nitrogen and oxygen atoms in total. The Balaban J connectivity index is 1.59. The summed E-state index contributed by atoms with van der Waals surface area (Å²) in [6.45, 7) is 0.483. The minimum absolute atomic E-state index is 0.119. The number of ether oxygens (including phenoxy) is 1. The van der Waals surface area contributed by atoms with Crippen molar-refractivity contribution in [1.82, 2.24) is 14.8 Å². The summed E-state index contributed by atoms with van der Waals surface area (Å²) < 4.78 is 7.49. The van der Waals surface area contributed by atoms with Gasteiger partial charge in [-0.15, -0.1) is 0 Å². The van der Waals surface area contributed by atoms with Gasteiger partial charge in [0.2, 0.25) is 0 Å². The van der Waals surface area contributed by atoms with Crippen molar-refractivity contribution in [2.24, 2.45) is 0 Å². The van der Waals surface area contributed by atoms with Crippen LogP contribution >= 0.6 is 0 Å². The Morgan fingerprint density at radius 3 is 2.43 bits per heavy atom. The summed E-state index contributed by atoms with van der Waals surface area (Å²) in [5, 5.41) is 4.64. The molecule has 0 atom stereocenters. The summed E-state index contributed by atoms with van der Waals surface area (Å²) in [6, 6.07) is 25.3. The Hall–Kier alpha value is -3.86. The fourth-order valence-corrected chi connectivity index (χ4v) is 3.33. The van der Waals surface area contributed by atoms with Crippen molar-refractivity contribution in [3.63, 3.8) is 0 Å². The van der Waals surface area contributed by atoms with Crippen LogP contribution in [-0.4, -0.2) is 14.8 Å². The lowest BCUT2D eigenvalue weighted by Crippen LogP contribution is -2.13. The summed E-state index contributed by atoms with van der Waals surface area (Å²) in [5.74, 6) is 0.735. The lowest BCUT2D eigenvalue weighted by Gasteiger charge is -2.07. The van der Waals surface area contributed by atoms with E-state index in [1.807, 2.05) is 78.9 Å². The van der Waals surface area contributed by atoms with E-state index in [9.17, 15) is 4.79 Å². The van der Waals surface area contributed by atoms with Crippen molar-refractivity contribution in [2.75, 3.05) is 0 Å². The molecule has 1 N–H and O–H groups in total. The number of aromatic nitrogens is 3. The molecule has 0 radical (unpaired) electrons. The van der Waals surface area contributed by atoms with Gasteiger partial charge in [0.25, 0.3) is 5.56 Å². The van der Waals surface area contributed by atoms with Gasteiger partial charge < -0.3 is 4.74 Å². The molecule has 0 amide bonds. The van der Waals surface area contributed by atoms with E-state index < -0.39 is 0 Å². The molecule has 5 rings (SSSR count).